The van der Waals surface area contributed by atoms with Crippen LogP contribution in [0.5, 0.6) is 17.2 Å². The van der Waals surface area contributed by atoms with E-state index < -0.39 is 0 Å². The molecule has 3 aromatic rings. The summed E-state index contributed by atoms with van der Waals surface area (Å²) in [5.74, 6) is 1.97. The van der Waals surface area contributed by atoms with Crippen molar-refractivity contribution in [3.63, 3.8) is 0 Å². The van der Waals surface area contributed by atoms with Crippen molar-refractivity contribution in [1.29, 1.82) is 16.2 Å². The first-order valence-corrected chi connectivity index (χ1v) is 13.3. The fourth-order valence-electron chi connectivity index (χ4n) is 3.58. The number of benzene rings is 3. The molecule has 3 aromatic carbocycles. The topological polar surface area (TPSA) is 205 Å². The van der Waals surface area contributed by atoms with Crippen molar-refractivity contribution in [3.05, 3.63) is 89.5 Å². The minimum atomic E-state index is -0.349. The van der Waals surface area contributed by atoms with Crippen LogP contribution in [0.15, 0.2) is 72.8 Å². The number of hydrogen-bond acceptors (Lipinski definition) is 9. The first kappa shape index (κ1) is 31.9. The van der Waals surface area contributed by atoms with Gasteiger partial charge in [0.25, 0.3) is 0 Å². The lowest BCUT2D eigenvalue weighted by Crippen LogP contribution is -2.29. The first-order valence-electron chi connectivity index (χ1n) is 13.3. The summed E-state index contributed by atoms with van der Waals surface area (Å²) in [6.07, 6.45) is -0.349. The van der Waals surface area contributed by atoms with Crippen LogP contribution in [0.1, 0.15) is 16.7 Å². The van der Waals surface area contributed by atoms with Gasteiger partial charge in [-0.1, -0.05) is 0 Å². The second-order valence-electron chi connectivity index (χ2n) is 9.00. The highest BCUT2D eigenvalue weighted by Crippen LogP contribution is 2.14. The normalized spacial score (nSPS) is 11.4. The summed E-state index contributed by atoms with van der Waals surface area (Å²) in [5.41, 5.74) is 18.3. The molecule has 3 rings (SSSR count). The van der Waals surface area contributed by atoms with Crippen molar-refractivity contribution in [2.45, 2.75) is 6.10 Å². The maximum atomic E-state index is 7.47. The zero-order valence-electron chi connectivity index (χ0n) is 23.3. The molecule has 0 aliphatic heterocycles. The maximum absolute atomic E-state index is 7.47. The standard InChI is InChI=1S/C30H38N6O6/c31-28(32)21-1-7-24(8-2-21)39-15-13-37-19-27(42-18-17-41-26-11-5-23(6-12-26)30(35)36)20-38-14-16-40-25-9-3-22(4-10-25)29(33)34/h1-12,27H,13-20H2,(H3,31,32)(H3,33,34)(H3,35,36). The number of ether oxygens (including phenoxy) is 6. The van der Waals surface area contributed by atoms with Crippen LogP contribution in [0, 0.1) is 16.2 Å². The molecule has 0 unspecified atom stereocenters. The molecule has 12 heteroatoms. The molecule has 0 aliphatic rings. The van der Waals surface area contributed by atoms with E-state index in [0.717, 1.165) is 0 Å². The van der Waals surface area contributed by atoms with E-state index in [-0.39, 0.29) is 36.8 Å². The van der Waals surface area contributed by atoms with E-state index >= 15 is 0 Å². The van der Waals surface area contributed by atoms with Crippen molar-refractivity contribution < 1.29 is 28.4 Å². The molecule has 12 nitrogen and oxygen atoms in total. The van der Waals surface area contributed by atoms with Crippen molar-refractivity contribution >= 4 is 17.5 Å². The summed E-state index contributed by atoms with van der Waals surface area (Å²) in [4.78, 5) is 0. The molecular formula is C30H38N6O6. The average molecular weight is 579 g/mol. The molecule has 0 spiro atoms. The minimum absolute atomic E-state index is 0.000279. The molecule has 0 atom stereocenters. The molecule has 0 saturated carbocycles. The lowest BCUT2D eigenvalue weighted by molar-refractivity contribution is -0.0703. The Balaban J connectivity index is 1.39. The molecule has 0 saturated heterocycles. The number of nitrogens with one attached hydrogen (secondary N) is 3. The van der Waals surface area contributed by atoms with Gasteiger partial charge in [0.05, 0.1) is 33.0 Å². The number of nitrogen functional groups attached to an aromatic ring is 3. The second kappa shape index (κ2) is 17.2. The van der Waals surface area contributed by atoms with Crippen molar-refractivity contribution in [2.24, 2.45) is 17.2 Å². The Morgan fingerprint density at radius 2 is 0.786 bits per heavy atom. The van der Waals surface area contributed by atoms with E-state index in [4.69, 9.17) is 61.9 Å². The molecule has 0 bridgehead atoms. The largest absolute Gasteiger partial charge is 0.491 e. The summed E-state index contributed by atoms with van der Waals surface area (Å²) in [7, 11) is 0. The van der Waals surface area contributed by atoms with Gasteiger partial charge >= 0.3 is 0 Å². The molecular weight excluding hydrogens is 540 g/mol. The van der Waals surface area contributed by atoms with Gasteiger partial charge in [-0.05, 0) is 72.8 Å². The zero-order chi connectivity index (χ0) is 30.2. The van der Waals surface area contributed by atoms with Crippen LogP contribution in [-0.2, 0) is 14.2 Å². The highest BCUT2D eigenvalue weighted by molar-refractivity contribution is 5.95. The molecule has 42 heavy (non-hydrogen) atoms. The highest BCUT2D eigenvalue weighted by Gasteiger charge is 2.11. The predicted octanol–water partition coefficient (Wildman–Crippen LogP) is 2.49. The Labute approximate surface area is 245 Å². The fraction of sp³-hybridized carbons (Fsp3) is 0.300. The van der Waals surface area contributed by atoms with E-state index in [1.54, 1.807) is 72.8 Å². The van der Waals surface area contributed by atoms with E-state index in [0.29, 0.717) is 73.6 Å². The smallest absolute Gasteiger partial charge is 0.122 e. The highest BCUT2D eigenvalue weighted by atomic mass is 16.6. The Morgan fingerprint density at radius 1 is 0.476 bits per heavy atom. The van der Waals surface area contributed by atoms with E-state index in [1.165, 1.54) is 0 Å². The zero-order valence-corrected chi connectivity index (χ0v) is 23.3. The molecule has 9 N–H and O–H groups in total. The maximum Gasteiger partial charge on any atom is 0.122 e. The monoisotopic (exact) mass is 578 g/mol. The van der Waals surface area contributed by atoms with Crippen LogP contribution in [0.2, 0.25) is 0 Å². The molecule has 0 fully saturated rings. The SMILES string of the molecule is N=C(N)c1ccc(OCCOCC(COCCOc2ccc(C(=N)N)cc2)OCCOc2ccc(C(=N)N)cc2)cc1. The molecule has 0 aromatic heterocycles. The molecule has 0 radical (unpaired) electrons. The number of nitrogens with two attached hydrogens (primary N) is 3. The quantitative estimate of drug-likeness (QED) is 0.0661. The first-order chi connectivity index (χ1) is 20.3. The van der Waals surface area contributed by atoms with Gasteiger partial charge in [0.15, 0.2) is 0 Å². The van der Waals surface area contributed by atoms with Crippen molar-refractivity contribution in [3.8, 4) is 17.2 Å². The van der Waals surface area contributed by atoms with Gasteiger partial charge < -0.3 is 45.6 Å². The van der Waals surface area contributed by atoms with Crippen LogP contribution in [0.3, 0.4) is 0 Å². The van der Waals surface area contributed by atoms with Gasteiger partial charge in [0.2, 0.25) is 0 Å². The number of hydrogen-bond donors (Lipinski definition) is 6. The number of amidine groups is 3. The Morgan fingerprint density at radius 3 is 1.10 bits per heavy atom. The van der Waals surface area contributed by atoms with Crippen LogP contribution < -0.4 is 31.4 Å². The molecule has 0 aliphatic carbocycles. The van der Waals surface area contributed by atoms with Gasteiger partial charge in [-0.15, -0.1) is 0 Å². The van der Waals surface area contributed by atoms with E-state index in [2.05, 4.69) is 0 Å². The average Bonchev–Trinajstić information content (AvgIpc) is 2.99. The van der Waals surface area contributed by atoms with Gasteiger partial charge in [0.1, 0.15) is 60.7 Å². The minimum Gasteiger partial charge on any atom is -0.491 e. The Bertz CT molecular complexity index is 1200. The van der Waals surface area contributed by atoms with Gasteiger partial charge in [-0.2, -0.15) is 0 Å². The number of rotatable bonds is 20. The van der Waals surface area contributed by atoms with E-state index in [1.807, 2.05) is 0 Å². The third-order valence-electron chi connectivity index (χ3n) is 5.80. The van der Waals surface area contributed by atoms with Gasteiger partial charge in [0, 0.05) is 16.7 Å². The molecule has 0 heterocycles. The van der Waals surface area contributed by atoms with E-state index in [9.17, 15) is 0 Å². The summed E-state index contributed by atoms with van der Waals surface area (Å²) in [5, 5.41) is 22.4. The fourth-order valence-corrected chi connectivity index (χ4v) is 3.58. The van der Waals surface area contributed by atoms with Crippen molar-refractivity contribution in [2.75, 3.05) is 52.9 Å². The van der Waals surface area contributed by atoms with Gasteiger partial charge in [-0.25, -0.2) is 0 Å². The van der Waals surface area contributed by atoms with Crippen LogP contribution >= 0.6 is 0 Å². The van der Waals surface area contributed by atoms with Crippen LogP contribution in [0.25, 0.3) is 0 Å². The third kappa shape index (κ3) is 11.5. The lowest BCUT2D eigenvalue weighted by Gasteiger charge is -2.19. The third-order valence-corrected chi connectivity index (χ3v) is 5.80. The Hall–Kier alpha value is -4.65. The van der Waals surface area contributed by atoms with Crippen LogP contribution in [-0.4, -0.2) is 76.5 Å². The van der Waals surface area contributed by atoms with Gasteiger partial charge in [-0.3, -0.25) is 16.2 Å². The summed E-state index contributed by atoms with van der Waals surface area (Å²) in [6, 6.07) is 20.9. The lowest BCUT2D eigenvalue weighted by atomic mass is 10.2. The van der Waals surface area contributed by atoms with Crippen molar-refractivity contribution in [1.82, 2.24) is 0 Å². The molecule has 224 valence electrons. The predicted molar refractivity (Wildman–Crippen MR) is 160 cm³/mol. The summed E-state index contributed by atoms with van der Waals surface area (Å²) in [6.45, 7) is 2.55. The molecule has 0 amide bonds. The summed E-state index contributed by atoms with van der Waals surface area (Å²) >= 11 is 0. The summed E-state index contributed by atoms with van der Waals surface area (Å²) < 4.78 is 34.6. The Kier molecular flexibility index (Phi) is 13.1. The van der Waals surface area contributed by atoms with Crippen LogP contribution in [0.4, 0.5) is 0 Å². The second-order valence-corrected chi connectivity index (χ2v) is 9.00.